The third-order valence-corrected chi connectivity index (χ3v) is 4.48. The van der Waals surface area contributed by atoms with Crippen molar-refractivity contribution in [1.82, 2.24) is 15.0 Å². The topological polar surface area (TPSA) is 104 Å². The van der Waals surface area contributed by atoms with Crippen LogP contribution in [0.25, 0.3) is 22.7 Å². The van der Waals surface area contributed by atoms with Gasteiger partial charge in [-0.1, -0.05) is 0 Å². The number of nitrogens with zero attached hydrogens (tertiary/aromatic N) is 1. The number of methoxy groups -OCH3 is 2. The van der Waals surface area contributed by atoms with Crippen molar-refractivity contribution in [2.24, 2.45) is 0 Å². The van der Waals surface area contributed by atoms with Crippen LogP contribution in [0.2, 0.25) is 0 Å². The summed E-state index contributed by atoms with van der Waals surface area (Å²) in [4.78, 5) is 23.6. The number of ether oxygens (including phenoxy) is 2. The first kappa shape index (κ1) is 17.2. The maximum atomic E-state index is 12.5. The molecule has 0 saturated carbocycles. The van der Waals surface area contributed by atoms with E-state index in [0.717, 1.165) is 40.9 Å². The summed E-state index contributed by atoms with van der Waals surface area (Å²) in [5.74, 6) is 1.19. The van der Waals surface area contributed by atoms with Gasteiger partial charge in [-0.25, -0.2) is 4.98 Å². The van der Waals surface area contributed by atoms with Crippen LogP contribution in [0.15, 0.2) is 24.4 Å². The molecule has 0 bridgehead atoms. The summed E-state index contributed by atoms with van der Waals surface area (Å²) in [6.07, 6.45) is 4.44. The number of benzene rings is 1. The number of H-pyrrole nitrogens is 2. The molecule has 0 unspecified atom stereocenters. The molecule has 4 N–H and O–H groups in total. The lowest BCUT2D eigenvalue weighted by atomic mass is 10.0. The average Bonchev–Trinajstić information content (AvgIpc) is 3.36. The SMILES string of the molecule is COCCCNc1nc2c3c(ccc2[nH]1)NC(=O)/C3=C/c1[nH]ccc1OC. The van der Waals surface area contributed by atoms with Gasteiger partial charge >= 0.3 is 0 Å². The predicted octanol–water partition coefficient (Wildman–Crippen LogP) is 2.84. The smallest absolute Gasteiger partial charge is 0.256 e. The highest BCUT2D eigenvalue weighted by molar-refractivity contribution is 6.37. The molecule has 140 valence electrons. The van der Waals surface area contributed by atoms with Gasteiger partial charge in [0.1, 0.15) is 11.3 Å². The van der Waals surface area contributed by atoms with Crippen molar-refractivity contribution >= 4 is 40.2 Å². The Labute approximate surface area is 156 Å². The summed E-state index contributed by atoms with van der Waals surface area (Å²) < 4.78 is 10.4. The normalized spacial score (nSPS) is 14.6. The van der Waals surface area contributed by atoms with Gasteiger partial charge in [0.15, 0.2) is 0 Å². The van der Waals surface area contributed by atoms with Crippen LogP contribution in [0.4, 0.5) is 11.6 Å². The minimum absolute atomic E-state index is 0.160. The molecular weight excluding hydrogens is 346 g/mol. The van der Waals surface area contributed by atoms with Gasteiger partial charge in [0.2, 0.25) is 5.95 Å². The van der Waals surface area contributed by atoms with Crippen molar-refractivity contribution in [3.8, 4) is 5.75 Å². The molecule has 4 rings (SSSR count). The third-order valence-electron chi connectivity index (χ3n) is 4.48. The fourth-order valence-electron chi connectivity index (χ4n) is 3.20. The number of imidazole rings is 1. The molecule has 0 saturated heterocycles. The predicted molar refractivity (Wildman–Crippen MR) is 105 cm³/mol. The van der Waals surface area contributed by atoms with E-state index in [1.807, 2.05) is 18.2 Å². The Morgan fingerprint density at radius 2 is 2.15 bits per heavy atom. The Hall–Kier alpha value is -3.26. The van der Waals surface area contributed by atoms with Crippen LogP contribution in [0, 0.1) is 0 Å². The summed E-state index contributed by atoms with van der Waals surface area (Å²) in [5.41, 5.74) is 4.44. The van der Waals surface area contributed by atoms with Crippen LogP contribution in [-0.4, -0.2) is 48.2 Å². The van der Waals surface area contributed by atoms with Crippen molar-refractivity contribution in [1.29, 1.82) is 0 Å². The number of hydrogen-bond donors (Lipinski definition) is 4. The summed E-state index contributed by atoms with van der Waals surface area (Å²) in [6.45, 7) is 1.43. The maximum Gasteiger partial charge on any atom is 0.256 e. The zero-order valence-electron chi connectivity index (χ0n) is 15.2. The van der Waals surface area contributed by atoms with E-state index >= 15 is 0 Å². The molecule has 27 heavy (non-hydrogen) atoms. The molecule has 1 aliphatic rings. The van der Waals surface area contributed by atoms with Gasteiger partial charge in [0.25, 0.3) is 5.91 Å². The van der Waals surface area contributed by atoms with Gasteiger partial charge < -0.3 is 30.1 Å². The molecule has 3 heterocycles. The van der Waals surface area contributed by atoms with Gasteiger partial charge in [0, 0.05) is 32.0 Å². The lowest BCUT2D eigenvalue weighted by Crippen LogP contribution is -2.05. The highest BCUT2D eigenvalue weighted by Crippen LogP contribution is 2.38. The van der Waals surface area contributed by atoms with Gasteiger partial charge in [0.05, 0.1) is 29.6 Å². The lowest BCUT2D eigenvalue weighted by molar-refractivity contribution is -0.110. The number of carbonyl (C=O) groups is 1. The van der Waals surface area contributed by atoms with Crippen LogP contribution < -0.4 is 15.4 Å². The van der Waals surface area contributed by atoms with Crippen LogP contribution in [0.3, 0.4) is 0 Å². The van der Waals surface area contributed by atoms with E-state index in [1.54, 1.807) is 26.5 Å². The number of nitrogens with one attached hydrogen (secondary N) is 4. The first-order chi connectivity index (χ1) is 13.2. The van der Waals surface area contributed by atoms with Crippen LogP contribution in [0.5, 0.6) is 5.75 Å². The molecule has 0 fully saturated rings. The second-order valence-electron chi connectivity index (χ2n) is 6.21. The summed E-state index contributed by atoms with van der Waals surface area (Å²) in [6, 6.07) is 5.62. The summed E-state index contributed by atoms with van der Waals surface area (Å²) in [5, 5.41) is 6.16. The minimum Gasteiger partial charge on any atom is -0.495 e. The number of aromatic amines is 2. The fourth-order valence-corrected chi connectivity index (χ4v) is 3.20. The molecule has 2 aromatic heterocycles. The molecule has 1 amide bonds. The number of hydrogen-bond acceptors (Lipinski definition) is 5. The Morgan fingerprint density at radius 1 is 1.26 bits per heavy atom. The largest absolute Gasteiger partial charge is 0.495 e. The minimum atomic E-state index is -0.160. The summed E-state index contributed by atoms with van der Waals surface area (Å²) in [7, 11) is 3.28. The molecule has 3 aromatic rings. The van der Waals surface area contributed by atoms with Crippen LogP contribution in [0.1, 0.15) is 17.7 Å². The second kappa shape index (κ2) is 7.16. The van der Waals surface area contributed by atoms with E-state index in [2.05, 4.69) is 25.6 Å². The number of carbonyl (C=O) groups excluding carboxylic acids is 1. The number of rotatable bonds is 7. The lowest BCUT2D eigenvalue weighted by Gasteiger charge is -2.01. The third kappa shape index (κ3) is 3.15. The number of anilines is 2. The molecule has 8 heteroatoms. The standard InChI is InChI=1S/C19H21N5O3/c1-26-9-3-7-21-19-23-13-5-4-12-16(17(13)24-19)11(18(25)22-12)10-14-15(27-2)6-8-20-14/h4-6,8,10,20H,3,7,9H2,1-2H3,(H,22,25)(H2,21,23,24)/b11-10+. The van der Waals surface area contributed by atoms with Gasteiger partial charge in [-0.05, 0) is 30.7 Å². The van der Waals surface area contributed by atoms with E-state index in [4.69, 9.17) is 9.47 Å². The van der Waals surface area contributed by atoms with E-state index in [1.165, 1.54) is 0 Å². The fraction of sp³-hybridized carbons (Fsp3) is 0.263. The Balaban J connectivity index is 1.72. The van der Waals surface area contributed by atoms with Gasteiger partial charge in [-0.2, -0.15) is 0 Å². The first-order valence-electron chi connectivity index (χ1n) is 8.71. The van der Waals surface area contributed by atoms with E-state index in [-0.39, 0.29) is 5.91 Å². The number of amides is 1. The molecule has 0 radical (unpaired) electrons. The van der Waals surface area contributed by atoms with E-state index in [0.29, 0.717) is 23.9 Å². The van der Waals surface area contributed by atoms with Crippen LogP contribution in [-0.2, 0) is 9.53 Å². The van der Waals surface area contributed by atoms with E-state index < -0.39 is 0 Å². The molecule has 1 aromatic carbocycles. The zero-order chi connectivity index (χ0) is 18.8. The first-order valence-corrected chi connectivity index (χ1v) is 8.71. The van der Waals surface area contributed by atoms with Gasteiger partial charge in [-0.3, -0.25) is 4.79 Å². The molecular formula is C19H21N5O3. The Bertz CT molecular complexity index is 1020. The van der Waals surface area contributed by atoms with Crippen molar-refractivity contribution < 1.29 is 14.3 Å². The highest BCUT2D eigenvalue weighted by atomic mass is 16.5. The molecule has 0 aliphatic carbocycles. The Kier molecular flexibility index (Phi) is 4.55. The zero-order valence-corrected chi connectivity index (χ0v) is 15.2. The molecule has 1 aliphatic heterocycles. The van der Waals surface area contributed by atoms with Crippen molar-refractivity contribution in [3.05, 3.63) is 35.7 Å². The monoisotopic (exact) mass is 367 g/mol. The summed E-state index contributed by atoms with van der Waals surface area (Å²) >= 11 is 0. The quantitative estimate of drug-likeness (QED) is 0.380. The van der Waals surface area contributed by atoms with Gasteiger partial charge in [-0.15, -0.1) is 0 Å². The highest BCUT2D eigenvalue weighted by Gasteiger charge is 2.28. The van der Waals surface area contributed by atoms with Crippen molar-refractivity contribution in [2.45, 2.75) is 6.42 Å². The number of aromatic nitrogens is 3. The van der Waals surface area contributed by atoms with Crippen LogP contribution >= 0.6 is 0 Å². The van der Waals surface area contributed by atoms with Crippen molar-refractivity contribution in [2.75, 3.05) is 38.0 Å². The number of fused-ring (bicyclic) bond motifs is 3. The maximum absolute atomic E-state index is 12.5. The molecule has 0 atom stereocenters. The van der Waals surface area contributed by atoms with Crippen molar-refractivity contribution in [3.63, 3.8) is 0 Å². The molecule has 0 spiro atoms. The second-order valence-corrected chi connectivity index (χ2v) is 6.21. The average molecular weight is 367 g/mol. The Morgan fingerprint density at radius 3 is 2.96 bits per heavy atom. The molecule has 8 nitrogen and oxygen atoms in total. The van der Waals surface area contributed by atoms with E-state index in [9.17, 15) is 4.79 Å².